The van der Waals surface area contributed by atoms with Gasteiger partial charge in [0.25, 0.3) is 5.56 Å². The predicted molar refractivity (Wildman–Crippen MR) is 121 cm³/mol. The molecule has 0 fully saturated rings. The van der Waals surface area contributed by atoms with E-state index in [4.69, 9.17) is 9.72 Å². The van der Waals surface area contributed by atoms with Crippen LogP contribution >= 0.6 is 0 Å². The standard InChI is InChI=1S/C24H33N3O3/c1-6-16(7-2)25-22-19(8-3)26-23(27(9-4)24(22)29)18-13-15-11-10-12-20(28)17(15)14-21(18)30-5/h13-14,16,25H,6-12H2,1-5H3. The Morgan fingerprint density at radius 2 is 1.83 bits per heavy atom. The van der Waals surface area contributed by atoms with E-state index in [9.17, 15) is 9.59 Å². The average molecular weight is 412 g/mol. The minimum Gasteiger partial charge on any atom is -0.496 e. The van der Waals surface area contributed by atoms with Crippen LogP contribution in [0.1, 0.15) is 75.0 Å². The van der Waals surface area contributed by atoms with Crippen LogP contribution in [0.25, 0.3) is 11.4 Å². The van der Waals surface area contributed by atoms with Crippen molar-refractivity contribution >= 4 is 11.5 Å². The summed E-state index contributed by atoms with van der Waals surface area (Å²) < 4.78 is 7.34. The minimum absolute atomic E-state index is 0.0536. The summed E-state index contributed by atoms with van der Waals surface area (Å²) >= 11 is 0. The van der Waals surface area contributed by atoms with Gasteiger partial charge in [0.1, 0.15) is 17.3 Å². The van der Waals surface area contributed by atoms with Crippen LogP contribution in [0.5, 0.6) is 5.75 Å². The zero-order valence-corrected chi connectivity index (χ0v) is 18.8. The molecule has 0 saturated heterocycles. The first-order chi connectivity index (χ1) is 14.5. The Kier molecular flexibility index (Phi) is 6.95. The van der Waals surface area contributed by atoms with Gasteiger partial charge in [0.2, 0.25) is 0 Å². The summed E-state index contributed by atoms with van der Waals surface area (Å²) in [6, 6.07) is 4.05. The summed E-state index contributed by atoms with van der Waals surface area (Å²) in [5.41, 5.74) is 3.83. The number of nitrogens with one attached hydrogen (secondary N) is 1. The van der Waals surface area contributed by atoms with E-state index in [0.717, 1.165) is 48.1 Å². The van der Waals surface area contributed by atoms with Crippen LogP contribution in [-0.4, -0.2) is 28.5 Å². The number of hydrogen-bond acceptors (Lipinski definition) is 5. The van der Waals surface area contributed by atoms with Crippen LogP contribution in [0.2, 0.25) is 0 Å². The Morgan fingerprint density at radius 1 is 1.10 bits per heavy atom. The van der Waals surface area contributed by atoms with Gasteiger partial charge in [-0.05, 0) is 56.7 Å². The fraction of sp³-hybridized carbons (Fsp3) is 0.542. The number of anilines is 1. The average Bonchev–Trinajstić information content (AvgIpc) is 2.77. The summed E-state index contributed by atoms with van der Waals surface area (Å²) in [5.74, 6) is 1.34. The van der Waals surface area contributed by atoms with E-state index in [-0.39, 0.29) is 17.4 Å². The van der Waals surface area contributed by atoms with Crippen molar-refractivity contribution in [1.29, 1.82) is 0 Å². The highest BCUT2D eigenvalue weighted by atomic mass is 16.5. The van der Waals surface area contributed by atoms with E-state index >= 15 is 0 Å². The first kappa shape index (κ1) is 22.1. The molecule has 1 aliphatic carbocycles. The minimum atomic E-state index is -0.0536. The molecule has 0 bridgehead atoms. The van der Waals surface area contributed by atoms with Crippen LogP contribution in [0.15, 0.2) is 16.9 Å². The van der Waals surface area contributed by atoms with Crippen molar-refractivity contribution in [3.05, 3.63) is 39.3 Å². The van der Waals surface area contributed by atoms with Crippen LogP contribution in [0.3, 0.4) is 0 Å². The summed E-state index contributed by atoms with van der Waals surface area (Å²) in [6.45, 7) is 8.70. The molecule has 2 aromatic rings. The van der Waals surface area contributed by atoms with E-state index in [1.807, 2.05) is 26.0 Å². The molecule has 1 aromatic heterocycles. The third kappa shape index (κ3) is 4.00. The molecular weight excluding hydrogens is 378 g/mol. The molecular formula is C24H33N3O3. The Hall–Kier alpha value is -2.63. The summed E-state index contributed by atoms with van der Waals surface area (Å²) in [7, 11) is 1.59. The number of ketones is 1. The molecule has 1 aliphatic rings. The number of hydrogen-bond donors (Lipinski definition) is 1. The highest BCUT2D eigenvalue weighted by Gasteiger charge is 2.24. The number of carbonyl (C=O) groups is 1. The first-order valence-corrected chi connectivity index (χ1v) is 11.1. The zero-order chi connectivity index (χ0) is 21.8. The molecule has 162 valence electrons. The van der Waals surface area contributed by atoms with Crippen LogP contribution in [0.4, 0.5) is 5.69 Å². The molecule has 0 spiro atoms. The van der Waals surface area contributed by atoms with Gasteiger partial charge in [0.05, 0.1) is 18.4 Å². The fourth-order valence-electron chi connectivity index (χ4n) is 4.20. The lowest BCUT2D eigenvalue weighted by Crippen LogP contribution is -2.31. The lowest BCUT2D eigenvalue weighted by atomic mass is 9.88. The van der Waals surface area contributed by atoms with Gasteiger partial charge in [-0.15, -0.1) is 0 Å². The maximum atomic E-state index is 13.4. The monoisotopic (exact) mass is 411 g/mol. The molecule has 0 saturated carbocycles. The van der Waals surface area contributed by atoms with Crippen molar-refractivity contribution in [3.63, 3.8) is 0 Å². The molecule has 6 nitrogen and oxygen atoms in total. The molecule has 30 heavy (non-hydrogen) atoms. The van der Waals surface area contributed by atoms with E-state index in [1.54, 1.807) is 11.7 Å². The third-order valence-electron chi connectivity index (χ3n) is 6.05. The van der Waals surface area contributed by atoms with Crippen molar-refractivity contribution in [1.82, 2.24) is 9.55 Å². The Morgan fingerprint density at radius 3 is 2.43 bits per heavy atom. The van der Waals surface area contributed by atoms with Gasteiger partial charge in [-0.2, -0.15) is 0 Å². The topological polar surface area (TPSA) is 73.2 Å². The molecule has 6 heteroatoms. The number of aromatic nitrogens is 2. The summed E-state index contributed by atoms with van der Waals surface area (Å²) in [5, 5.41) is 3.43. The molecule has 1 heterocycles. The number of methoxy groups -OCH3 is 1. The van der Waals surface area contributed by atoms with Gasteiger partial charge < -0.3 is 10.1 Å². The maximum Gasteiger partial charge on any atom is 0.277 e. The van der Waals surface area contributed by atoms with E-state index in [0.29, 0.717) is 36.6 Å². The summed E-state index contributed by atoms with van der Waals surface area (Å²) in [4.78, 5) is 30.7. The normalized spacial score (nSPS) is 13.5. The number of benzene rings is 1. The smallest absolute Gasteiger partial charge is 0.277 e. The number of carbonyl (C=O) groups excluding carboxylic acids is 1. The fourth-order valence-corrected chi connectivity index (χ4v) is 4.20. The van der Waals surface area contributed by atoms with Crippen molar-refractivity contribution in [2.45, 2.75) is 78.8 Å². The number of nitrogens with zero attached hydrogens (tertiary/aromatic N) is 2. The van der Waals surface area contributed by atoms with E-state index < -0.39 is 0 Å². The highest BCUT2D eigenvalue weighted by Crippen LogP contribution is 2.35. The maximum absolute atomic E-state index is 13.4. The Balaban J connectivity index is 2.23. The van der Waals surface area contributed by atoms with Gasteiger partial charge in [0.15, 0.2) is 5.78 Å². The molecule has 0 amide bonds. The van der Waals surface area contributed by atoms with E-state index in [2.05, 4.69) is 19.2 Å². The second-order valence-electron chi connectivity index (χ2n) is 7.80. The van der Waals surface area contributed by atoms with Gasteiger partial charge in [0, 0.05) is 24.6 Å². The molecule has 3 rings (SSSR count). The van der Waals surface area contributed by atoms with Gasteiger partial charge in [-0.1, -0.05) is 20.8 Å². The molecule has 1 aromatic carbocycles. The zero-order valence-electron chi connectivity index (χ0n) is 18.8. The number of fused-ring (bicyclic) bond motifs is 1. The first-order valence-electron chi connectivity index (χ1n) is 11.1. The lowest BCUT2D eigenvalue weighted by molar-refractivity contribution is 0.0972. The van der Waals surface area contributed by atoms with Gasteiger partial charge in [-0.25, -0.2) is 4.98 Å². The highest BCUT2D eigenvalue weighted by molar-refractivity contribution is 5.99. The van der Waals surface area contributed by atoms with Crippen molar-refractivity contribution in [2.75, 3.05) is 12.4 Å². The SMILES string of the molecule is CCc1nc(-c2cc3c(cc2OC)C(=O)CCC3)n(CC)c(=O)c1NC(CC)CC. The van der Waals surface area contributed by atoms with Crippen LogP contribution < -0.4 is 15.6 Å². The van der Waals surface area contributed by atoms with Crippen LogP contribution in [-0.2, 0) is 19.4 Å². The van der Waals surface area contributed by atoms with Crippen LogP contribution in [0, 0.1) is 0 Å². The molecule has 0 atom stereocenters. The van der Waals surface area contributed by atoms with Crippen molar-refractivity contribution < 1.29 is 9.53 Å². The lowest BCUT2D eigenvalue weighted by Gasteiger charge is -2.23. The second-order valence-corrected chi connectivity index (χ2v) is 7.80. The molecule has 0 radical (unpaired) electrons. The number of aryl methyl sites for hydroxylation is 2. The largest absolute Gasteiger partial charge is 0.496 e. The quantitative estimate of drug-likeness (QED) is 0.686. The van der Waals surface area contributed by atoms with Crippen molar-refractivity contribution in [3.8, 4) is 17.1 Å². The van der Waals surface area contributed by atoms with Crippen molar-refractivity contribution in [2.24, 2.45) is 0 Å². The Labute approximate surface area is 178 Å². The Bertz CT molecular complexity index is 990. The number of rotatable bonds is 8. The molecule has 0 unspecified atom stereocenters. The van der Waals surface area contributed by atoms with Gasteiger partial charge >= 0.3 is 0 Å². The van der Waals surface area contributed by atoms with Gasteiger partial charge in [-0.3, -0.25) is 14.2 Å². The second kappa shape index (κ2) is 9.45. The number of ether oxygens (including phenoxy) is 1. The third-order valence-corrected chi connectivity index (χ3v) is 6.05. The van der Waals surface area contributed by atoms with E-state index in [1.165, 1.54) is 0 Å². The predicted octanol–water partition coefficient (Wildman–Crippen LogP) is 4.62. The number of Topliss-reactive ketones (excluding diaryl/α,β-unsaturated/α-hetero) is 1. The molecule has 1 N–H and O–H groups in total. The molecule has 0 aliphatic heterocycles. The summed E-state index contributed by atoms with van der Waals surface area (Å²) in [6.07, 6.45) is 4.82.